The molecule has 0 saturated carbocycles. The van der Waals surface area contributed by atoms with Gasteiger partial charge in [-0.15, -0.1) is 0 Å². The Morgan fingerprint density at radius 3 is 2.55 bits per heavy atom. The van der Waals surface area contributed by atoms with Gasteiger partial charge in [-0.2, -0.15) is 5.10 Å². The second-order valence-electron chi connectivity index (χ2n) is 4.59. The molecule has 6 nitrogen and oxygen atoms in total. The number of aliphatic hydroxyl groups is 1. The summed E-state index contributed by atoms with van der Waals surface area (Å²) < 4.78 is 3.24. The van der Waals surface area contributed by atoms with Crippen molar-refractivity contribution in [2.45, 2.75) is 25.0 Å². The number of carbonyl (C=O) groups is 1. The van der Waals surface area contributed by atoms with Gasteiger partial charge in [0, 0.05) is 13.4 Å². The number of hydrogen-bond donors (Lipinski definition) is 2. The van der Waals surface area contributed by atoms with E-state index in [9.17, 15) is 15.0 Å². The van der Waals surface area contributed by atoms with Crippen LogP contribution in [0.15, 0.2) is 38.2 Å². The van der Waals surface area contributed by atoms with E-state index in [0.29, 0.717) is 14.5 Å². The summed E-state index contributed by atoms with van der Waals surface area (Å²) in [5.41, 5.74) is -1.21. The third-order valence-corrected chi connectivity index (χ3v) is 6.95. The van der Waals surface area contributed by atoms with Gasteiger partial charge in [0.05, 0.1) is 0 Å². The van der Waals surface area contributed by atoms with Gasteiger partial charge in [0.15, 0.2) is 5.54 Å². The average Bonchev–Trinajstić information content (AvgIpc) is 3.00. The SMILES string of the molecule is CCC(C(=O)O)(C(O)c1ccc(Br)c(Br)c1Br)n1cncn1. The van der Waals surface area contributed by atoms with Gasteiger partial charge in [-0.3, -0.25) is 0 Å². The Bertz CT molecular complexity index is 693. The molecule has 1 aromatic carbocycles. The molecule has 118 valence electrons. The zero-order valence-electron chi connectivity index (χ0n) is 11.4. The first-order valence-corrected chi connectivity index (χ1v) is 8.64. The zero-order chi connectivity index (χ0) is 16.5. The van der Waals surface area contributed by atoms with Gasteiger partial charge in [0.2, 0.25) is 0 Å². The van der Waals surface area contributed by atoms with Gasteiger partial charge >= 0.3 is 5.97 Å². The van der Waals surface area contributed by atoms with E-state index in [1.807, 2.05) is 0 Å². The highest BCUT2D eigenvalue weighted by molar-refractivity contribution is 9.14. The molecule has 2 aromatic rings. The number of benzene rings is 1. The van der Waals surface area contributed by atoms with Gasteiger partial charge in [0.1, 0.15) is 18.8 Å². The number of carboxylic acids is 1. The molecule has 0 fully saturated rings. The zero-order valence-corrected chi connectivity index (χ0v) is 16.1. The largest absolute Gasteiger partial charge is 0.479 e. The fourth-order valence-electron chi connectivity index (χ4n) is 2.27. The van der Waals surface area contributed by atoms with E-state index in [4.69, 9.17) is 0 Å². The van der Waals surface area contributed by atoms with Gasteiger partial charge < -0.3 is 10.2 Å². The first-order valence-electron chi connectivity index (χ1n) is 6.26. The molecule has 0 bridgehead atoms. The quantitative estimate of drug-likeness (QED) is 0.617. The lowest BCUT2D eigenvalue weighted by atomic mass is 9.85. The van der Waals surface area contributed by atoms with Crippen LogP contribution in [-0.2, 0) is 10.3 Å². The molecule has 2 rings (SSSR count). The van der Waals surface area contributed by atoms with Crippen LogP contribution >= 0.6 is 47.8 Å². The Kier molecular flexibility index (Phi) is 5.41. The number of carboxylic acid groups (broad SMARTS) is 1. The van der Waals surface area contributed by atoms with Crippen LogP contribution in [0.1, 0.15) is 25.0 Å². The van der Waals surface area contributed by atoms with E-state index in [0.717, 1.165) is 4.47 Å². The fourth-order valence-corrected chi connectivity index (χ4v) is 3.79. The highest BCUT2D eigenvalue weighted by Gasteiger charge is 2.48. The number of aliphatic hydroxyl groups excluding tert-OH is 1. The van der Waals surface area contributed by atoms with Crippen molar-refractivity contribution in [3.05, 3.63) is 43.8 Å². The Hall–Kier alpha value is -0.770. The monoisotopic (exact) mass is 495 g/mol. The lowest BCUT2D eigenvalue weighted by Gasteiger charge is -2.33. The summed E-state index contributed by atoms with van der Waals surface area (Å²) in [7, 11) is 0. The molecule has 2 atom stereocenters. The van der Waals surface area contributed by atoms with Crippen LogP contribution in [0.25, 0.3) is 0 Å². The number of halogens is 3. The normalized spacial score (nSPS) is 15.3. The van der Waals surface area contributed by atoms with E-state index < -0.39 is 17.6 Å². The second kappa shape index (κ2) is 6.77. The maximum absolute atomic E-state index is 11.9. The van der Waals surface area contributed by atoms with Crippen LogP contribution in [0.2, 0.25) is 0 Å². The van der Waals surface area contributed by atoms with E-state index in [2.05, 4.69) is 57.9 Å². The minimum absolute atomic E-state index is 0.132. The summed E-state index contributed by atoms with van der Waals surface area (Å²) in [6, 6.07) is 3.39. The molecule has 0 aliphatic carbocycles. The number of aliphatic carboxylic acids is 1. The van der Waals surface area contributed by atoms with Crippen molar-refractivity contribution in [2.75, 3.05) is 0 Å². The minimum Gasteiger partial charge on any atom is -0.479 e. The molecule has 1 aromatic heterocycles. The highest BCUT2D eigenvalue weighted by Crippen LogP contribution is 2.42. The van der Waals surface area contributed by atoms with Gasteiger partial charge in [0.25, 0.3) is 0 Å². The molecule has 0 aliphatic rings. The molecular formula is C13H12Br3N3O3. The van der Waals surface area contributed by atoms with Crippen molar-refractivity contribution in [1.82, 2.24) is 14.8 Å². The van der Waals surface area contributed by atoms with Crippen molar-refractivity contribution in [3.63, 3.8) is 0 Å². The van der Waals surface area contributed by atoms with Crippen LogP contribution < -0.4 is 0 Å². The fraction of sp³-hybridized carbons (Fsp3) is 0.308. The van der Waals surface area contributed by atoms with Crippen molar-refractivity contribution in [1.29, 1.82) is 0 Å². The molecular weight excluding hydrogens is 486 g/mol. The van der Waals surface area contributed by atoms with Crippen LogP contribution in [-0.4, -0.2) is 30.9 Å². The first kappa shape index (κ1) is 17.6. The van der Waals surface area contributed by atoms with Crippen molar-refractivity contribution >= 4 is 53.8 Å². The lowest BCUT2D eigenvalue weighted by Crippen LogP contribution is -2.47. The van der Waals surface area contributed by atoms with Gasteiger partial charge in [-0.05, 0) is 65.8 Å². The van der Waals surface area contributed by atoms with E-state index in [1.54, 1.807) is 19.1 Å². The lowest BCUT2D eigenvalue weighted by molar-refractivity contribution is -0.156. The highest BCUT2D eigenvalue weighted by atomic mass is 79.9. The third-order valence-electron chi connectivity index (χ3n) is 3.55. The van der Waals surface area contributed by atoms with Crippen molar-refractivity contribution in [2.24, 2.45) is 0 Å². The number of nitrogens with zero attached hydrogens (tertiary/aromatic N) is 3. The Labute approximate surface area is 151 Å². The predicted molar refractivity (Wildman–Crippen MR) is 90.4 cm³/mol. The maximum atomic E-state index is 11.9. The molecule has 0 spiro atoms. The summed E-state index contributed by atoms with van der Waals surface area (Å²) in [4.78, 5) is 15.7. The smallest absolute Gasteiger partial charge is 0.334 e. The number of hydrogen-bond acceptors (Lipinski definition) is 4. The third kappa shape index (κ3) is 2.75. The molecule has 0 radical (unpaired) electrons. The van der Waals surface area contributed by atoms with Crippen LogP contribution in [0.3, 0.4) is 0 Å². The molecule has 2 unspecified atom stereocenters. The Balaban J connectivity index is 2.64. The topological polar surface area (TPSA) is 88.2 Å². The molecule has 0 amide bonds. The summed E-state index contributed by atoms with van der Waals surface area (Å²) in [5.74, 6) is -1.18. The molecule has 9 heteroatoms. The van der Waals surface area contributed by atoms with Gasteiger partial charge in [-0.25, -0.2) is 14.5 Å². The molecule has 0 aliphatic heterocycles. The molecule has 0 saturated heterocycles. The van der Waals surface area contributed by atoms with Crippen LogP contribution in [0.4, 0.5) is 0 Å². The van der Waals surface area contributed by atoms with E-state index in [1.165, 1.54) is 17.3 Å². The number of rotatable bonds is 5. The summed E-state index contributed by atoms with van der Waals surface area (Å²) >= 11 is 10.1. The average molecular weight is 498 g/mol. The predicted octanol–water partition coefficient (Wildman–Crippen LogP) is 3.49. The molecule has 22 heavy (non-hydrogen) atoms. The Morgan fingerprint density at radius 2 is 2.05 bits per heavy atom. The Morgan fingerprint density at radius 1 is 1.36 bits per heavy atom. The first-order chi connectivity index (χ1) is 10.4. The van der Waals surface area contributed by atoms with Crippen LogP contribution in [0.5, 0.6) is 0 Å². The maximum Gasteiger partial charge on any atom is 0.334 e. The van der Waals surface area contributed by atoms with E-state index >= 15 is 0 Å². The number of aromatic nitrogens is 3. The van der Waals surface area contributed by atoms with Crippen molar-refractivity contribution < 1.29 is 15.0 Å². The molecule has 2 N–H and O–H groups in total. The summed E-state index contributed by atoms with van der Waals surface area (Å²) in [6.45, 7) is 1.68. The molecule has 1 heterocycles. The second-order valence-corrected chi connectivity index (χ2v) is 7.03. The van der Waals surface area contributed by atoms with Crippen molar-refractivity contribution in [3.8, 4) is 0 Å². The summed E-state index contributed by atoms with van der Waals surface area (Å²) in [5, 5.41) is 24.5. The van der Waals surface area contributed by atoms with E-state index in [-0.39, 0.29) is 6.42 Å². The standard InChI is InChI=1S/C13H12Br3N3O3/c1-2-13(12(21)22,19-6-17-5-18-19)11(20)7-3-4-8(14)10(16)9(7)15/h3-6,11,20H,2H2,1H3,(H,21,22). The van der Waals surface area contributed by atoms with Crippen LogP contribution in [0, 0.1) is 0 Å². The van der Waals surface area contributed by atoms with Gasteiger partial charge in [-0.1, -0.05) is 13.0 Å². The summed E-state index contributed by atoms with van der Waals surface area (Å²) in [6.07, 6.45) is 1.35. The minimum atomic E-state index is -1.65.